The molecule has 1 atom stereocenters. The Morgan fingerprint density at radius 3 is 2.48 bits per heavy atom. The van der Waals surface area contributed by atoms with Gasteiger partial charge in [0, 0.05) is 50.5 Å². The molecular formula is C37H42N6O3. The van der Waals surface area contributed by atoms with Gasteiger partial charge in [0.15, 0.2) is 0 Å². The van der Waals surface area contributed by atoms with E-state index in [2.05, 4.69) is 75.6 Å². The number of ether oxygens (including phenoxy) is 2. The van der Waals surface area contributed by atoms with Crippen molar-refractivity contribution in [1.82, 2.24) is 29.4 Å². The molecule has 1 fully saturated rings. The molecule has 0 aliphatic carbocycles. The molecule has 0 radical (unpaired) electrons. The van der Waals surface area contributed by atoms with Crippen molar-refractivity contribution in [2.75, 3.05) is 26.3 Å². The molecule has 2 aliphatic rings. The lowest BCUT2D eigenvalue weighted by atomic mass is 9.86. The number of hydrogen-bond acceptors (Lipinski definition) is 6. The summed E-state index contributed by atoms with van der Waals surface area (Å²) < 4.78 is 15.8. The predicted molar refractivity (Wildman–Crippen MR) is 180 cm³/mol. The normalized spacial score (nSPS) is 17.0. The Hall–Kier alpha value is -4.50. The molecule has 2 aliphatic heterocycles. The van der Waals surface area contributed by atoms with E-state index in [-0.39, 0.29) is 12.1 Å². The van der Waals surface area contributed by atoms with Gasteiger partial charge in [-0.15, -0.1) is 5.10 Å². The molecule has 2 aromatic carbocycles. The van der Waals surface area contributed by atoms with E-state index < -0.39 is 5.60 Å². The van der Waals surface area contributed by atoms with Crippen LogP contribution in [0.4, 0.5) is 4.79 Å². The van der Waals surface area contributed by atoms with E-state index in [9.17, 15) is 4.79 Å². The van der Waals surface area contributed by atoms with Crippen LogP contribution in [0.2, 0.25) is 0 Å². The smallest absolute Gasteiger partial charge is 0.410 e. The Bertz CT molecular complexity index is 1910. The van der Waals surface area contributed by atoms with Crippen LogP contribution in [0, 0.1) is 12.8 Å². The number of carbonyl (C=O) groups is 1. The maximum Gasteiger partial charge on any atom is 0.410 e. The van der Waals surface area contributed by atoms with Crippen molar-refractivity contribution in [1.29, 1.82) is 0 Å². The van der Waals surface area contributed by atoms with Gasteiger partial charge in [-0.2, -0.15) is 0 Å². The van der Waals surface area contributed by atoms with Crippen LogP contribution in [-0.2, 0) is 16.5 Å². The molecule has 9 heteroatoms. The average Bonchev–Trinajstić information content (AvgIpc) is 3.56. The monoisotopic (exact) mass is 618 g/mol. The number of carbonyl (C=O) groups excluding carboxylic acids is 1. The van der Waals surface area contributed by atoms with E-state index in [1.54, 1.807) is 4.90 Å². The Labute approximate surface area is 269 Å². The summed E-state index contributed by atoms with van der Waals surface area (Å²) in [5, 5.41) is 9.71. The summed E-state index contributed by atoms with van der Waals surface area (Å²) in [7, 11) is 1.93. The first kappa shape index (κ1) is 30.2. The summed E-state index contributed by atoms with van der Waals surface area (Å²) in [5.41, 5.74) is 9.26. The standard InChI is InChI=1S/C37H42N6O3/c1-24-34(41(5)40-39-24)29-22-32-33(38-23-29)30-21-28(25-13-17-42(18-14-25)36(44)46-37(2,3)4)11-12-31(30)43(32)35(26-9-7-6-8-10-26)27-15-19-45-20-16-27/h6-13,21-23,27,35H,14-20H2,1-5H3/t35-/m1/s1. The molecule has 0 bridgehead atoms. The number of rotatable bonds is 5. The second-order valence-electron chi connectivity index (χ2n) is 13.6. The number of benzene rings is 2. The van der Waals surface area contributed by atoms with Crippen molar-refractivity contribution in [3.05, 3.63) is 83.7 Å². The van der Waals surface area contributed by atoms with Crippen molar-refractivity contribution in [2.45, 2.75) is 58.6 Å². The first-order valence-corrected chi connectivity index (χ1v) is 16.3. The molecule has 0 saturated carbocycles. The minimum absolute atomic E-state index is 0.120. The molecule has 3 aromatic heterocycles. The van der Waals surface area contributed by atoms with Crippen LogP contribution in [0.25, 0.3) is 38.8 Å². The lowest BCUT2D eigenvalue weighted by molar-refractivity contribution is 0.0270. The van der Waals surface area contributed by atoms with Crippen LogP contribution in [0.15, 0.2) is 66.9 Å². The van der Waals surface area contributed by atoms with Gasteiger partial charge in [-0.1, -0.05) is 47.7 Å². The number of aromatic nitrogens is 5. The van der Waals surface area contributed by atoms with Crippen LogP contribution < -0.4 is 0 Å². The number of amides is 1. The Kier molecular flexibility index (Phi) is 7.88. The van der Waals surface area contributed by atoms with Crippen molar-refractivity contribution < 1.29 is 14.3 Å². The van der Waals surface area contributed by atoms with Gasteiger partial charge < -0.3 is 18.9 Å². The second-order valence-corrected chi connectivity index (χ2v) is 13.6. The summed E-state index contributed by atoms with van der Waals surface area (Å²) in [5.74, 6) is 0.415. The third-order valence-electron chi connectivity index (χ3n) is 9.27. The number of nitrogens with zero attached hydrogens (tertiary/aromatic N) is 6. The van der Waals surface area contributed by atoms with Gasteiger partial charge in [0.05, 0.1) is 34.0 Å². The Morgan fingerprint density at radius 2 is 1.80 bits per heavy atom. The average molecular weight is 619 g/mol. The van der Waals surface area contributed by atoms with E-state index in [1.807, 2.05) is 45.6 Å². The highest BCUT2D eigenvalue weighted by Gasteiger charge is 2.31. The fourth-order valence-corrected chi connectivity index (χ4v) is 7.13. The zero-order valence-electron chi connectivity index (χ0n) is 27.4. The molecular weight excluding hydrogens is 576 g/mol. The molecule has 1 saturated heterocycles. The molecule has 0 spiro atoms. The van der Waals surface area contributed by atoms with Crippen LogP contribution in [0.5, 0.6) is 0 Å². The molecule has 5 heterocycles. The summed E-state index contributed by atoms with van der Waals surface area (Å²) >= 11 is 0. The molecule has 7 rings (SSSR count). The molecule has 0 unspecified atom stereocenters. The summed E-state index contributed by atoms with van der Waals surface area (Å²) in [6, 6.07) is 20.0. The topological polar surface area (TPSA) is 87.3 Å². The maximum absolute atomic E-state index is 12.7. The van der Waals surface area contributed by atoms with Crippen molar-refractivity contribution in [3.8, 4) is 11.3 Å². The van der Waals surface area contributed by atoms with Gasteiger partial charge in [0.1, 0.15) is 5.60 Å². The largest absolute Gasteiger partial charge is 0.444 e. The molecule has 9 nitrogen and oxygen atoms in total. The van der Waals surface area contributed by atoms with Gasteiger partial charge in [0.25, 0.3) is 0 Å². The first-order chi connectivity index (χ1) is 22.2. The molecule has 5 aromatic rings. The van der Waals surface area contributed by atoms with Crippen molar-refractivity contribution >= 4 is 33.6 Å². The van der Waals surface area contributed by atoms with E-state index in [4.69, 9.17) is 14.5 Å². The highest BCUT2D eigenvalue weighted by molar-refractivity contribution is 6.07. The van der Waals surface area contributed by atoms with Gasteiger partial charge in [-0.05, 0) is 87.8 Å². The molecule has 238 valence electrons. The SMILES string of the molecule is Cc1nnn(C)c1-c1cnc2c3cc(C4=CCN(C(=O)OC(C)(C)C)CC4)ccc3n([C@H](c3ccccc3)C3CCOCC3)c2c1. The molecule has 0 N–H and O–H groups in total. The number of hydrogen-bond donors (Lipinski definition) is 0. The van der Waals surface area contributed by atoms with E-state index in [0.717, 1.165) is 76.9 Å². The van der Waals surface area contributed by atoms with Gasteiger partial charge in [0.2, 0.25) is 0 Å². The van der Waals surface area contributed by atoms with Gasteiger partial charge in [-0.25, -0.2) is 9.48 Å². The quantitative estimate of drug-likeness (QED) is 0.205. The first-order valence-electron chi connectivity index (χ1n) is 16.3. The highest BCUT2D eigenvalue weighted by Crippen LogP contribution is 2.42. The fourth-order valence-electron chi connectivity index (χ4n) is 7.13. The lowest BCUT2D eigenvalue weighted by Gasteiger charge is -2.33. The van der Waals surface area contributed by atoms with E-state index >= 15 is 0 Å². The van der Waals surface area contributed by atoms with Crippen LogP contribution >= 0.6 is 0 Å². The van der Waals surface area contributed by atoms with E-state index in [1.165, 1.54) is 11.1 Å². The third-order valence-corrected chi connectivity index (χ3v) is 9.27. The van der Waals surface area contributed by atoms with Crippen LogP contribution in [0.1, 0.15) is 62.9 Å². The Morgan fingerprint density at radius 1 is 1.02 bits per heavy atom. The number of aryl methyl sites for hydroxylation is 2. The van der Waals surface area contributed by atoms with Crippen LogP contribution in [0.3, 0.4) is 0 Å². The van der Waals surface area contributed by atoms with E-state index in [0.29, 0.717) is 19.0 Å². The van der Waals surface area contributed by atoms with Crippen molar-refractivity contribution in [2.24, 2.45) is 13.0 Å². The second kappa shape index (κ2) is 12.0. The van der Waals surface area contributed by atoms with Gasteiger partial charge >= 0.3 is 6.09 Å². The van der Waals surface area contributed by atoms with Crippen molar-refractivity contribution in [3.63, 3.8) is 0 Å². The minimum atomic E-state index is -0.513. The zero-order valence-corrected chi connectivity index (χ0v) is 27.4. The number of pyridine rings is 1. The predicted octanol–water partition coefficient (Wildman–Crippen LogP) is 7.33. The highest BCUT2D eigenvalue weighted by atomic mass is 16.6. The van der Waals surface area contributed by atoms with Gasteiger partial charge in [-0.3, -0.25) is 4.98 Å². The molecule has 1 amide bonds. The fraction of sp³-hybridized carbons (Fsp3) is 0.405. The lowest BCUT2D eigenvalue weighted by Crippen LogP contribution is -2.39. The summed E-state index contributed by atoms with van der Waals surface area (Å²) in [4.78, 5) is 19.6. The summed E-state index contributed by atoms with van der Waals surface area (Å²) in [6.07, 6.45) is 6.61. The van der Waals surface area contributed by atoms with Crippen LogP contribution in [-0.4, -0.2) is 67.4 Å². The summed E-state index contributed by atoms with van der Waals surface area (Å²) in [6.45, 7) is 10.4. The number of fused-ring (bicyclic) bond motifs is 3. The zero-order chi connectivity index (χ0) is 32.0. The maximum atomic E-state index is 12.7. The Balaban J connectivity index is 1.37. The minimum Gasteiger partial charge on any atom is -0.444 e. The molecule has 46 heavy (non-hydrogen) atoms. The third kappa shape index (κ3) is 5.68.